The van der Waals surface area contributed by atoms with E-state index in [1.165, 1.54) is 0 Å². The van der Waals surface area contributed by atoms with E-state index in [1.807, 2.05) is 0 Å². The van der Waals surface area contributed by atoms with Crippen LogP contribution >= 0.6 is 216 Å². The Labute approximate surface area is 227 Å². The smallest absolute Gasteiger partial charge is 0.0776 e. The Morgan fingerprint density at radius 3 is 0.111 bits per heavy atom. The van der Waals surface area contributed by atoms with Gasteiger partial charge in [-0.15, -0.1) is 0 Å². The maximum absolute atomic E-state index is 0. The van der Waals surface area contributed by atoms with Crippen molar-refractivity contribution in [1.82, 2.24) is 0 Å². The first-order valence-corrected chi connectivity index (χ1v) is 0. The zero-order chi connectivity index (χ0) is 0. The quantitative estimate of drug-likeness (QED) is 0.416. The molecule has 0 heterocycles. The second kappa shape index (κ2) is 336. The molecule has 0 nitrogen and oxygen atoms in total. The van der Waals surface area contributed by atoms with Gasteiger partial charge >= 0.3 is 0 Å². The summed E-state index contributed by atoms with van der Waals surface area (Å²) in [6, 6.07) is 0. The molecule has 0 aliphatic carbocycles. The monoisotopic (exact) mass is 576 g/mol. The van der Waals surface area contributed by atoms with Crippen LogP contribution in [0.1, 0.15) is 14.9 Å². The van der Waals surface area contributed by atoms with Gasteiger partial charge in [0.05, 0.1) is 0 Å². The Bertz CT molecular complexity index is 9.06. The molecule has 0 unspecified atom stereocenters. The van der Waals surface area contributed by atoms with Crippen LogP contribution < -0.4 is 0 Å². The van der Waals surface area contributed by atoms with Crippen molar-refractivity contribution in [3.05, 3.63) is 0 Å². The molecule has 0 saturated carbocycles. The molecule has 18 heavy (non-hydrogen) atoms. The molecule has 0 N–H and O–H groups in total. The lowest BCUT2D eigenvalue weighted by Gasteiger charge is -0.198. The number of rotatable bonds is 0. The van der Waals surface area contributed by atoms with Gasteiger partial charge < -0.3 is 0 Å². The molecule has 0 rings (SSSR count). The fourth-order valence-electron chi connectivity index (χ4n) is 0. The molecule has 0 radical (unpaired) electrons. The predicted octanol–water partition coefficient (Wildman–Crippen LogP) is 3.08. The summed E-state index contributed by atoms with van der Waals surface area (Å²) in [5.41, 5.74) is 0. The van der Waals surface area contributed by atoms with Gasteiger partial charge in [-0.05, 0) is 0 Å². The molecule has 0 saturated heterocycles. The molecular formula is C2H40S16. The molecule has 16 heteroatoms. The zero-order valence-corrected chi connectivity index (χ0v) is 24.0. The average Bonchev–Trinajstić information content (AvgIpc) is 0. The third kappa shape index (κ3) is 292. The van der Waals surface area contributed by atoms with Crippen LogP contribution in [0.5, 0.6) is 0 Å². The zero-order valence-electron chi connectivity index (χ0n) is 8.00. The van der Waals surface area contributed by atoms with Crippen molar-refractivity contribution in [2.75, 3.05) is 0 Å². The highest BCUT2D eigenvalue weighted by Crippen LogP contribution is 0.663. The van der Waals surface area contributed by atoms with E-state index in [0.717, 1.165) is 0 Å². The van der Waals surface area contributed by atoms with Crippen molar-refractivity contribution in [3.8, 4) is 0 Å². The number of hydrogen-bond acceptors (Lipinski definition) is 0. The Kier molecular flexibility index (Phi) is 7180. The van der Waals surface area contributed by atoms with Gasteiger partial charge in [0.15, 0.2) is 0 Å². The summed E-state index contributed by atoms with van der Waals surface area (Å²) in [5, 5.41) is 0. The summed E-state index contributed by atoms with van der Waals surface area (Å²) in [5.74, 6) is 0. The van der Waals surface area contributed by atoms with Gasteiger partial charge in [0, 0.05) is 0 Å². The lowest BCUT2D eigenvalue weighted by atomic mass is 12.0. The predicted molar refractivity (Wildman–Crippen MR) is 180 cm³/mol. The van der Waals surface area contributed by atoms with E-state index in [2.05, 4.69) is 0 Å². The Hall–Kier alpha value is 5.60. The minimum absolute atomic E-state index is 0. The molecule has 0 aromatic carbocycles. The average molecular weight is 577 g/mol. The van der Waals surface area contributed by atoms with Gasteiger partial charge in [0.1, 0.15) is 0 Å². The lowest BCUT2D eigenvalue weighted by Crippen LogP contribution is 0.143. The highest BCUT2D eigenvalue weighted by Gasteiger charge is -0.0763. The van der Waals surface area contributed by atoms with E-state index in [-0.39, 0.29) is 231 Å². The molecule has 0 aliphatic rings. The van der Waals surface area contributed by atoms with Crippen molar-refractivity contribution in [2.24, 2.45) is 0 Å². The molecule has 144 valence electrons. The van der Waals surface area contributed by atoms with Gasteiger partial charge in [0.2, 0.25) is 0 Å². The van der Waals surface area contributed by atoms with Crippen LogP contribution in [-0.4, -0.2) is 0 Å². The normalized spacial score (nSPS) is 0. The molecule has 0 spiro atoms. The Balaban J connectivity index is 0. The van der Waals surface area contributed by atoms with Crippen LogP contribution in [0.15, 0.2) is 0 Å². The third-order valence-electron chi connectivity index (χ3n) is 0. The van der Waals surface area contributed by atoms with Crippen LogP contribution in [0.3, 0.4) is 0 Å². The summed E-state index contributed by atoms with van der Waals surface area (Å²) in [7, 11) is 0. The molecule has 0 aromatic rings. The summed E-state index contributed by atoms with van der Waals surface area (Å²) in [4.78, 5) is 0. The first-order valence-electron chi connectivity index (χ1n) is 0. The molecule has 0 aliphatic heterocycles. The van der Waals surface area contributed by atoms with Crippen LogP contribution in [0.2, 0.25) is 0 Å². The van der Waals surface area contributed by atoms with E-state index < -0.39 is 0 Å². The molecule has 0 bridgehead atoms. The second-order valence-corrected chi connectivity index (χ2v) is 0. The fraction of sp³-hybridized carbons (Fsp3) is 1.00. The van der Waals surface area contributed by atoms with Gasteiger partial charge in [-0.25, -0.2) is 0 Å². The van der Waals surface area contributed by atoms with E-state index in [1.54, 1.807) is 0 Å². The minimum atomic E-state index is 0. The third-order valence-corrected chi connectivity index (χ3v) is 0. The van der Waals surface area contributed by atoms with Crippen LogP contribution in [0, 0.1) is 0 Å². The first-order chi connectivity index (χ1) is 0. The van der Waals surface area contributed by atoms with Gasteiger partial charge in [-0.1, -0.05) is 14.9 Å². The SMILES string of the molecule is C.C.S.S.S.S.S.S.S.S.S.S.S.S.S.S.S.S. The topological polar surface area (TPSA) is 0 Å². The standard InChI is InChI=1S/2CH4.16H2S/h2*1H4;16*1H2. The Morgan fingerprint density at radius 1 is 0.111 bits per heavy atom. The second-order valence-electron chi connectivity index (χ2n) is 0. The van der Waals surface area contributed by atoms with Crippen LogP contribution in [-0.2, 0) is 0 Å². The summed E-state index contributed by atoms with van der Waals surface area (Å²) in [6.45, 7) is 0. The Morgan fingerprint density at radius 2 is 0.111 bits per heavy atom. The van der Waals surface area contributed by atoms with Gasteiger partial charge in [0.25, 0.3) is 0 Å². The molecule has 0 fully saturated rings. The van der Waals surface area contributed by atoms with Crippen molar-refractivity contribution in [1.29, 1.82) is 0 Å². The van der Waals surface area contributed by atoms with Crippen molar-refractivity contribution in [3.63, 3.8) is 0 Å². The highest BCUT2D eigenvalue weighted by atomic mass is 32.1. The lowest BCUT2D eigenvalue weighted by molar-refractivity contribution is 2.50. The number of hydrogen-bond donors (Lipinski definition) is 0. The van der Waals surface area contributed by atoms with Crippen molar-refractivity contribution < 1.29 is 0 Å². The van der Waals surface area contributed by atoms with Gasteiger partial charge in [-0.3, -0.25) is 0 Å². The minimum Gasteiger partial charge on any atom is -0.197 e. The molecule has 0 atom stereocenters. The molecule has 0 amide bonds. The summed E-state index contributed by atoms with van der Waals surface area (Å²) in [6.07, 6.45) is 0. The van der Waals surface area contributed by atoms with E-state index in [0.29, 0.717) is 0 Å². The molecule has 0 aromatic heterocycles. The highest BCUT2D eigenvalue weighted by molar-refractivity contribution is 7.61. The van der Waals surface area contributed by atoms with Gasteiger partial charge in [-0.2, -0.15) is 216 Å². The van der Waals surface area contributed by atoms with Crippen molar-refractivity contribution in [2.45, 2.75) is 14.9 Å². The first kappa shape index (κ1) is 384. The summed E-state index contributed by atoms with van der Waals surface area (Å²) >= 11 is 0. The fourth-order valence-corrected chi connectivity index (χ4v) is 0. The van der Waals surface area contributed by atoms with Crippen molar-refractivity contribution >= 4 is 216 Å². The maximum Gasteiger partial charge on any atom is -0.0776 e. The largest absolute Gasteiger partial charge is 0.197 e. The van der Waals surface area contributed by atoms with Crippen LogP contribution in [0.25, 0.3) is 0 Å². The maximum atomic E-state index is 0. The molecular weight excluding hydrogens is 537 g/mol. The van der Waals surface area contributed by atoms with E-state index >= 15 is 0 Å². The van der Waals surface area contributed by atoms with Crippen LogP contribution in [0.4, 0.5) is 0 Å². The van der Waals surface area contributed by atoms with E-state index in [9.17, 15) is 0 Å². The van der Waals surface area contributed by atoms with E-state index in [4.69, 9.17) is 0 Å². The summed E-state index contributed by atoms with van der Waals surface area (Å²) < 4.78 is 0.